The number of aryl methyl sites for hydroxylation is 2. The Morgan fingerprint density at radius 2 is 1.68 bits per heavy atom. The number of halogens is 2. The summed E-state index contributed by atoms with van der Waals surface area (Å²) >= 11 is 12.2. The molecular weight excluding hydrogens is 533 g/mol. The van der Waals surface area contributed by atoms with Gasteiger partial charge in [-0.2, -0.15) is 5.10 Å². The van der Waals surface area contributed by atoms with Crippen molar-refractivity contribution < 1.29 is 17.9 Å². The van der Waals surface area contributed by atoms with Gasteiger partial charge in [0.1, 0.15) is 12.4 Å². The minimum absolute atomic E-state index is 0.0187. The normalized spacial score (nSPS) is 11.3. The van der Waals surface area contributed by atoms with Gasteiger partial charge in [0.05, 0.1) is 17.1 Å². The Morgan fingerprint density at radius 3 is 2.41 bits per heavy atom. The van der Waals surface area contributed by atoms with Crippen molar-refractivity contribution in [2.24, 2.45) is 0 Å². The summed E-state index contributed by atoms with van der Waals surface area (Å²) in [6, 6.07) is 22.5. The number of rotatable bonds is 10. The highest BCUT2D eigenvalue weighted by Crippen LogP contribution is 2.25. The maximum atomic E-state index is 12.4. The number of hydrogen-bond acceptors (Lipinski definition) is 5. The van der Waals surface area contributed by atoms with Crippen LogP contribution in [0.1, 0.15) is 28.9 Å². The van der Waals surface area contributed by atoms with Gasteiger partial charge in [-0.25, -0.2) is 13.1 Å². The molecule has 37 heavy (non-hydrogen) atoms. The molecule has 0 radical (unpaired) electrons. The van der Waals surface area contributed by atoms with E-state index in [0.717, 1.165) is 16.8 Å². The molecule has 0 atom stereocenters. The molecule has 0 aliphatic heterocycles. The van der Waals surface area contributed by atoms with E-state index in [1.54, 1.807) is 28.9 Å². The molecule has 1 aromatic heterocycles. The summed E-state index contributed by atoms with van der Waals surface area (Å²) in [5.41, 5.74) is 3.40. The average molecular weight is 558 g/mol. The van der Waals surface area contributed by atoms with Gasteiger partial charge >= 0.3 is 0 Å². The zero-order valence-electron chi connectivity index (χ0n) is 20.0. The fourth-order valence-corrected chi connectivity index (χ4v) is 5.03. The van der Waals surface area contributed by atoms with Crippen LogP contribution in [0.4, 0.5) is 0 Å². The van der Waals surface area contributed by atoms with Crippen molar-refractivity contribution in [2.75, 3.05) is 0 Å². The van der Waals surface area contributed by atoms with Crippen molar-refractivity contribution >= 4 is 39.1 Å². The Morgan fingerprint density at radius 1 is 0.973 bits per heavy atom. The summed E-state index contributed by atoms with van der Waals surface area (Å²) in [6.45, 7) is 2.70. The molecule has 0 fully saturated rings. The zero-order chi connectivity index (χ0) is 26.4. The number of nitrogens with zero attached hydrogens (tertiary/aromatic N) is 2. The number of nitrogens with one attached hydrogen (secondary N) is 1. The van der Waals surface area contributed by atoms with Gasteiger partial charge in [-0.1, -0.05) is 53.5 Å². The lowest BCUT2D eigenvalue weighted by Crippen LogP contribution is -2.30. The number of carbonyl (C=O) groups excluding carboxylic acids is 1. The Hall–Kier alpha value is -3.33. The highest BCUT2D eigenvalue weighted by Gasteiger charge is 2.18. The number of carbonyl (C=O) groups is 1. The van der Waals surface area contributed by atoms with Gasteiger partial charge in [0.15, 0.2) is 0 Å². The lowest BCUT2D eigenvalue weighted by Gasteiger charge is -2.13. The van der Waals surface area contributed by atoms with Crippen LogP contribution in [0, 0.1) is 6.92 Å². The van der Waals surface area contributed by atoms with Crippen molar-refractivity contribution in [1.82, 2.24) is 14.5 Å². The summed E-state index contributed by atoms with van der Waals surface area (Å²) < 4.78 is 34.7. The Labute approximate surface area is 226 Å². The fourth-order valence-electron chi connectivity index (χ4n) is 3.68. The average Bonchev–Trinajstić information content (AvgIpc) is 3.22. The van der Waals surface area contributed by atoms with Crippen molar-refractivity contribution in [3.05, 3.63) is 111 Å². The lowest BCUT2D eigenvalue weighted by molar-refractivity contribution is -0.119. The van der Waals surface area contributed by atoms with Crippen LogP contribution < -0.4 is 9.46 Å². The molecule has 1 amide bonds. The van der Waals surface area contributed by atoms with Gasteiger partial charge < -0.3 is 4.74 Å². The first-order chi connectivity index (χ1) is 17.7. The SMILES string of the molecule is Cc1cc(CCC(=O)NS(=O)(=O)c2ccccc2)nn1Cc1cc(Cl)ccc1OCc1ccc(Cl)cc1. The van der Waals surface area contributed by atoms with Crippen LogP contribution in [0.3, 0.4) is 0 Å². The molecule has 0 aliphatic carbocycles. The molecule has 7 nitrogen and oxygen atoms in total. The maximum absolute atomic E-state index is 12.4. The van der Waals surface area contributed by atoms with E-state index in [0.29, 0.717) is 41.1 Å². The van der Waals surface area contributed by atoms with E-state index in [4.69, 9.17) is 27.9 Å². The van der Waals surface area contributed by atoms with Gasteiger partial charge in [0.25, 0.3) is 10.0 Å². The molecule has 3 aromatic carbocycles. The van der Waals surface area contributed by atoms with Crippen LogP contribution in [-0.2, 0) is 34.4 Å². The molecule has 0 saturated carbocycles. The minimum Gasteiger partial charge on any atom is -0.489 e. The van der Waals surface area contributed by atoms with Gasteiger partial charge in [0, 0.05) is 34.1 Å². The van der Waals surface area contributed by atoms with Gasteiger partial charge in [-0.05, 0) is 61.0 Å². The predicted molar refractivity (Wildman–Crippen MR) is 143 cm³/mol. The summed E-state index contributed by atoms with van der Waals surface area (Å²) in [4.78, 5) is 12.4. The second kappa shape index (κ2) is 11.8. The van der Waals surface area contributed by atoms with E-state index in [2.05, 4.69) is 9.82 Å². The Kier molecular flexibility index (Phi) is 8.53. The second-order valence-electron chi connectivity index (χ2n) is 8.44. The lowest BCUT2D eigenvalue weighted by atomic mass is 10.2. The van der Waals surface area contributed by atoms with Crippen LogP contribution in [-0.4, -0.2) is 24.1 Å². The number of ether oxygens (including phenoxy) is 1. The van der Waals surface area contributed by atoms with Crippen LogP contribution in [0.25, 0.3) is 0 Å². The molecule has 0 saturated heterocycles. The third kappa shape index (κ3) is 7.35. The minimum atomic E-state index is -3.90. The van der Waals surface area contributed by atoms with Gasteiger partial charge in [-0.15, -0.1) is 0 Å². The van der Waals surface area contributed by atoms with E-state index in [-0.39, 0.29) is 11.3 Å². The molecule has 4 rings (SSSR count). The third-order valence-corrected chi connectivity index (χ3v) is 7.47. The first kappa shape index (κ1) is 26.7. The van der Waals surface area contributed by atoms with Crippen LogP contribution in [0.2, 0.25) is 10.0 Å². The van der Waals surface area contributed by atoms with E-state index >= 15 is 0 Å². The van der Waals surface area contributed by atoms with Crippen LogP contribution in [0.15, 0.2) is 83.8 Å². The molecule has 0 bridgehead atoms. The summed E-state index contributed by atoms with van der Waals surface area (Å²) in [5.74, 6) is 0.0880. The maximum Gasteiger partial charge on any atom is 0.264 e. The number of sulfonamides is 1. The number of amides is 1. The van der Waals surface area contributed by atoms with Crippen molar-refractivity contribution in [3.8, 4) is 5.75 Å². The topological polar surface area (TPSA) is 90.3 Å². The van der Waals surface area contributed by atoms with Crippen LogP contribution >= 0.6 is 23.2 Å². The second-order valence-corrected chi connectivity index (χ2v) is 11.0. The molecular formula is C27H25Cl2N3O4S. The summed E-state index contributed by atoms with van der Waals surface area (Å²) in [6.07, 6.45) is 0.272. The smallest absolute Gasteiger partial charge is 0.264 e. The first-order valence-electron chi connectivity index (χ1n) is 11.5. The highest BCUT2D eigenvalue weighted by molar-refractivity contribution is 7.90. The predicted octanol–water partition coefficient (Wildman–Crippen LogP) is 5.56. The van der Waals surface area contributed by atoms with E-state index in [1.807, 2.05) is 49.4 Å². The van der Waals surface area contributed by atoms with Crippen molar-refractivity contribution in [2.45, 2.75) is 37.8 Å². The van der Waals surface area contributed by atoms with Crippen molar-refractivity contribution in [1.29, 1.82) is 0 Å². The van der Waals surface area contributed by atoms with Gasteiger partial charge in [0.2, 0.25) is 5.91 Å². The van der Waals surface area contributed by atoms with Gasteiger partial charge in [-0.3, -0.25) is 9.48 Å². The summed E-state index contributed by atoms with van der Waals surface area (Å²) in [7, 11) is -3.90. The quantitative estimate of drug-likeness (QED) is 0.275. The molecule has 1 heterocycles. The summed E-state index contributed by atoms with van der Waals surface area (Å²) in [5, 5.41) is 5.85. The molecule has 4 aromatic rings. The number of hydrogen-bond donors (Lipinski definition) is 1. The molecule has 0 spiro atoms. The first-order valence-corrected chi connectivity index (χ1v) is 13.7. The van der Waals surface area contributed by atoms with E-state index in [9.17, 15) is 13.2 Å². The monoisotopic (exact) mass is 557 g/mol. The molecule has 10 heteroatoms. The van der Waals surface area contributed by atoms with E-state index < -0.39 is 15.9 Å². The largest absolute Gasteiger partial charge is 0.489 e. The molecule has 1 N–H and O–H groups in total. The van der Waals surface area contributed by atoms with E-state index in [1.165, 1.54) is 12.1 Å². The molecule has 0 aliphatic rings. The van der Waals surface area contributed by atoms with Crippen molar-refractivity contribution in [3.63, 3.8) is 0 Å². The third-order valence-electron chi connectivity index (χ3n) is 5.59. The van der Waals surface area contributed by atoms with Crippen LogP contribution in [0.5, 0.6) is 5.75 Å². The number of aromatic nitrogens is 2. The Balaban J connectivity index is 1.39. The standard InChI is InChI=1S/C27H25Cl2N3O4S/c1-19-15-24(12-14-27(33)31-37(34,35)25-5-3-2-4-6-25)30-32(19)17-21-16-23(29)11-13-26(21)36-18-20-7-9-22(28)10-8-20/h2-11,13,15-16H,12,14,17-18H2,1H3,(H,31,33). The highest BCUT2D eigenvalue weighted by atomic mass is 35.5. The number of benzene rings is 3. The Bertz CT molecular complexity index is 1490. The fraction of sp³-hybridized carbons (Fsp3) is 0.185. The zero-order valence-corrected chi connectivity index (χ0v) is 22.4. The molecule has 192 valence electrons. The molecule has 0 unspecified atom stereocenters.